The van der Waals surface area contributed by atoms with Gasteiger partial charge in [0.2, 0.25) is 0 Å². The van der Waals surface area contributed by atoms with Gasteiger partial charge >= 0.3 is 0 Å². The van der Waals surface area contributed by atoms with Crippen molar-refractivity contribution in [2.24, 2.45) is 5.73 Å². The predicted octanol–water partition coefficient (Wildman–Crippen LogP) is 3.77. The van der Waals surface area contributed by atoms with E-state index >= 15 is 0 Å². The standard InChI is InChI=1S/C15H14ClFN2O2.ClH/c1-20-13-7-2-4-9(15(18)19)14(13)21-8-10-11(16)5-3-6-12(10)17;/h2-7H,8H2,1H3,(H3,18,19);1H. The summed E-state index contributed by atoms with van der Waals surface area (Å²) >= 11 is 5.95. The monoisotopic (exact) mass is 344 g/mol. The summed E-state index contributed by atoms with van der Waals surface area (Å²) in [5.41, 5.74) is 6.13. The first-order valence-electron chi connectivity index (χ1n) is 6.11. The summed E-state index contributed by atoms with van der Waals surface area (Å²) in [6, 6.07) is 9.40. The smallest absolute Gasteiger partial charge is 0.172 e. The maximum Gasteiger partial charge on any atom is 0.172 e. The lowest BCUT2D eigenvalue weighted by Crippen LogP contribution is -2.14. The van der Waals surface area contributed by atoms with E-state index in [0.29, 0.717) is 11.3 Å². The summed E-state index contributed by atoms with van der Waals surface area (Å²) < 4.78 is 24.5. The van der Waals surface area contributed by atoms with E-state index in [1.54, 1.807) is 24.3 Å². The fourth-order valence-electron chi connectivity index (χ4n) is 1.85. The number of halogens is 3. The zero-order valence-electron chi connectivity index (χ0n) is 11.7. The number of hydrogen-bond donors (Lipinski definition) is 2. The number of methoxy groups -OCH3 is 1. The second-order valence-corrected chi connectivity index (χ2v) is 4.65. The fourth-order valence-corrected chi connectivity index (χ4v) is 2.07. The maximum absolute atomic E-state index is 13.7. The van der Waals surface area contributed by atoms with Crippen LogP contribution in [-0.2, 0) is 6.61 Å². The number of nitrogens with one attached hydrogen (secondary N) is 1. The van der Waals surface area contributed by atoms with Crippen molar-refractivity contribution in [3.63, 3.8) is 0 Å². The molecule has 0 saturated heterocycles. The minimum absolute atomic E-state index is 0. The molecule has 0 amide bonds. The molecule has 2 aromatic carbocycles. The number of amidine groups is 1. The Hall–Kier alpha value is -1.98. The molecule has 0 fully saturated rings. The van der Waals surface area contributed by atoms with Crippen LogP contribution >= 0.6 is 24.0 Å². The number of nitrogens with two attached hydrogens (primary N) is 1. The second kappa shape index (κ2) is 7.87. The summed E-state index contributed by atoms with van der Waals surface area (Å²) in [5, 5.41) is 7.83. The molecule has 0 aromatic heterocycles. The average molecular weight is 345 g/mol. The topological polar surface area (TPSA) is 68.3 Å². The fraction of sp³-hybridized carbons (Fsp3) is 0.133. The van der Waals surface area contributed by atoms with Crippen LogP contribution in [0.25, 0.3) is 0 Å². The van der Waals surface area contributed by atoms with Crippen molar-refractivity contribution in [1.29, 1.82) is 5.41 Å². The van der Waals surface area contributed by atoms with Gasteiger partial charge in [0, 0.05) is 5.56 Å². The third kappa shape index (κ3) is 3.81. The van der Waals surface area contributed by atoms with Crippen LogP contribution in [0.3, 0.4) is 0 Å². The van der Waals surface area contributed by atoms with E-state index in [0.717, 1.165) is 0 Å². The van der Waals surface area contributed by atoms with Crippen molar-refractivity contribution in [3.8, 4) is 11.5 Å². The van der Waals surface area contributed by atoms with Gasteiger partial charge in [-0.3, -0.25) is 5.41 Å². The normalized spacial score (nSPS) is 9.77. The van der Waals surface area contributed by atoms with Crippen molar-refractivity contribution < 1.29 is 13.9 Å². The highest BCUT2D eigenvalue weighted by atomic mass is 35.5. The van der Waals surface area contributed by atoms with Crippen LogP contribution in [0.2, 0.25) is 5.02 Å². The zero-order chi connectivity index (χ0) is 15.4. The molecule has 3 N–H and O–H groups in total. The third-order valence-corrected chi connectivity index (χ3v) is 3.27. The molecule has 7 heteroatoms. The lowest BCUT2D eigenvalue weighted by Gasteiger charge is -2.15. The van der Waals surface area contributed by atoms with Crippen LogP contribution in [0.15, 0.2) is 36.4 Å². The number of nitrogen functional groups attached to an aromatic ring is 1. The molecule has 0 aliphatic rings. The van der Waals surface area contributed by atoms with Crippen LogP contribution in [-0.4, -0.2) is 12.9 Å². The minimum atomic E-state index is -0.457. The number of benzene rings is 2. The maximum atomic E-state index is 13.7. The molecule has 0 aliphatic heterocycles. The Morgan fingerprint density at radius 2 is 1.95 bits per heavy atom. The summed E-state index contributed by atoms with van der Waals surface area (Å²) in [6.07, 6.45) is 0. The molecule has 0 spiro atoms. The van der Waals surface area contributed by atoms with Crippen molar-refractivity contribution in [1.82, 2.24) is 0 Å². The van der Waals surface area contributed by atoms with E-state index in [4.69, 9.17) is 32.2 Å². The molecule has 2 aromatic rings. The van der Waals surface area contributed by atoms with E-state index in [2.05, 4.69) is 0 Å². The Labute approximate surface area is 138 Å². The third-order valence-electron chi connectivity index (χ3n) is 2.91. The summed E-state index contributed by atoms with van der Waals surface area (Å²) in [6.45, 7) is -0.0911. The highest BCUT2D eigenvalue weighted by Gasteiger charge is 2.15. The van der Waals surface area contributed by atoms with Crippen LogP contribution < -0.4 is 15.2 Å². The van der Waals surface area contributed by atoms with Crippen LogP contribution in [0, 0.1) is 11.2 Å². The molecule has 2 rings (SSSR count). The molecule has 0 bridgehead atoms. The highest BCUT2D eigenvalue weighted by Crippen LogP contribution is 2.32. The minimum Gasteiger partial charge on any atom is -0.493 e. The summed E-state index contributed by atoms with van der Waals surface area (Å²) in [7, 11) is 1.47. The molecule has 0 saturated carbocycles. The lowest BCUT2D eigenvalue weighted by molar-refractivity contribution is 0.279. The first-order chi connectivity index (χ1) is 10.0. The second-order valence-electron chi connectivity index (χ2n) is 4.24. The SMILES string of the molecule is COc1cccc(C(=N)N)c1OCc1c(F)cccc1Cl.Cl. The van der Waals surface area contributed by atoms with E-state index in [1.165, 1.54) is 19.2 Å². The van der Waals surface area contributed by atoms with Gasteiger partial charge in [0.15, 0.2) is 11.5 Å². The number of rotatable bonds is 5. The van der Waals surface area contributed by atoms with Crippen molar-refractivity contribution in [2.45, 2.75) is 6.61 Å². The highest BCUT2D eigenvalue weighted by molar-refractivity contribution is 6.31. The van der Waals surface area contributed by atoms with Gasteiger partial charge in [-0.1, -0.05) is 23.7 Å². The lowest BCUT2D eigenvalue weighted by atomic mass is 10.1. The van der Waals surface area contributed by atoms with Crippen molar-refractivity contribution in [2.75, 3.05) is 7.11 Å². The van der Waals surface area contributed by atoms with E-state index in [1.807, 2.05) is 0 Å². The van der Waals surface area contributed by atoms with Gasteiger partial charge in [0.25, 0.3) is 0 Å². The van der Waals surface area contributed by atoms with Gasteiger partial charge in [-0.25, -0.2) is 4.39 Å². The quantitative estimate of drug-likeness (QED) is 0.640. The number of hydrogen-bond acceptors (Lipinski definition) is 3. The number of ether oxygens (including phenoxy) is 2. The molecular weight excluding hydrogens is 330 g/mol. The van der Waals surface area contributed by atoms with Crippen LogP contribution in [0.1, 0.15) is 11.1 Å². The number of para-hydroxylation sites is 1. The Kier molecular flexibility index (Phi) is 6.46. The van der Waals surface area contributed by atoms with Gasteiger partial charge in [-0.05, 0) is 24.3 Å². The van der Waals surface area contributed by atoms with Crippen molar-refractivity contribution in [3.05, 3.63) is 58.4 Å². The molecule has 22 heavy (non-hydrogen) atoms. The molecule has 0 radical (unpaired) electrons. The largest absolute Gasteiger partial charge is 0.493 e. The molecular formula is C15H15Cl2FN2O2. The Balaban J connectivity index is 0.00000242. The van der Waals surface area contributed by atoms with Gasteiger partial charge < -0.3 is 15.2 Å². The van der Waals surface area contributed by atoms with E-state index < -0.39 is 5.82 Å². The Bertz CT molecular complexity index is 660. The molecule has 118 valence electrons. The summed E-state index contributed by atoms with van der Waals surface area (Å²) in [4.78, 5) is 0. The molecule has 0 atom stereocenters. The first-order valence-corrected chi connectivity index (χ1v) is 6.49. The molecule has 0 heterocycles. The summed E-state index contributed by atoms with van der Waals surface area (Å²) in [5.74, 6) is 0.0762. The average Bonchev–Trinajstić information content (AvgIpc) is 2.46. The molecule has 0 unspecified atom stereocenters. The van der Waals surface area contributed by atoms with Crippen LogP contribution in [0.5, 0.6) is 11.5 Å². The van der Waals surface area contributed by atoms with Crippen LogP contribution in [0.4, 0.5) is 4.39 Å². The van der Waals surface area contributed by atoms with Gasteiger partial charge in [-0.2, -0.15) is 0 Å². The van der Waals surface area contributed by atoms with Crippen molar-refractivity contribution >= 4 is 29.8 Å². The van der Waals surface area contributed by atoms with Gasteiger partial charge in [0.05, 0.1) is 17.7 Å². The molecule has 4 nitrogen and oxygen atoms in total. The first kappa shape index (κ1) is 18.1. The van der Waals surface area contributed by atoms with E-state index in [9.17, 15) is 4.39 Å². The van der Waals surface area contributed by atoms with Gasteiger partial charge in [0.1, 0.15) is 18.3 Å². The van der Waals surface area contributed by atoms with E-state index in [-0.39, 0.29) is 41.2 Å². The predicted molar refractivity (Wildman–Crippen MR) is 87.0 cm³/mol. The van der Waals surface area contributed by atoms with Gasteiger partial charge in [-0.15, -0.1) is 12.4 Å². The Morgan fingerprint density at radius 1 is 1.27 bits per heavy atom. The Morgan fingerprint density at radius 3 is 2.55 bits per heavy atom. The molecule has 0 aliphatic carbocycles. The zero-order valence-corrected chi connectivity index (χ0v) is 13.3.